The average Bonchev–Trinajstić information content (AvgIpc) is 3.32. The third kappa shape index (κ3) is 5.20. The molecule has 0 spiro atoms. The quantitative estimate of drug-likeness (QED) is 0.614. The average molecular weight is 416 g/mol. The van der Waals surface area contributed by atoms with Crippen LogP contribution < -0.4 is 4.90 Å². The van der Waals surface area contributed by atoms with Gasteiger partial charge in [-0.05, 0) is 31.7 Å². The molecule has 0 N–H and O–H groups in total. The Bertz CT molecular complexity index is 896. The summed E-state index contributed by atoms with van der Waals surface area (Å²) in [6.07, 6.45) is 0.801. The second-order valence-corrected chi connectivity index (χ2v) is 8.00. The molecule has 154 valence electrons. The molecule has 8 heteroatoms. The lowest BCUT2D eigenvalue weighted by molar-refractivity contribution is -0.149. The number of ether oxygens (including phenoxy) is 2. The molecule has 1 saturated carbocycles. The van der Waals surface area contributed by atoms with Gasteiger partial charge in [0.05, 0.1) is 24.8 Å². The van der Waals surface area contributed by atoms with Gasteiger partial charge in [0.15, 0.2) is 11.7 Å². The third-order valence-corrected chi connectivity index (χ3v) is 5.87. The molecule has 2 atom stereocenters. The monoisotopic (exact) mass is 416 g/mol. The van der Waals surface area contributed by atoms with Crippen molar-refractivity contribution in [1.29, 1.82) is 0 Å². The minimum absolute atomic E-state index is 0.108. The molecule has 1 heterocycles. The van der Waals surface area contributed by atoms with Crippen LogP contribution in [0.15, 0.2) is 30.3 Å². The first-order chi connectivity index (χ1) is 13.9. The van der Waals surface area contributed by atoms with E-state index in [9.17, 15) is 14.4 Å². The van der Waals surface area contributed by atoms with Crippen molar-refractivity contribution in [1.82, 2.24) is 4.98 Å². The second kappa shape index (κ2) is 9.17. The molecule has 0 saturated heterocycles. The summed E-state index contributed by atoms with van der Waals surface area (Å²) in [5.41, 5.74) is 1.40. The molecule has 1 aromatic heterocycles. The standard InChI is InChI=1S/C21H24N2O5S/c1-4-27-20(26)18-14(3)22-21(29-18)23(11-15-8-6-5-7-9-15)17(24)12-28-19(25)16-10-13(16)2/h5-9,13,16H,4,10-12H2,1-3H3/t13-,16-/m1/s1. The summed E-state index contributed by atoms with van der Waals surface area (Å²) in [5, 5.41) is 0.371. The van der Waals surface area contributed by atoms with Gasteiger partial charge in [-0.25, -0.2) is 9.78 Å². The Labute approximate surface area is 173 Å². The fourth-order valence-corrected chi connectivity index (χ4v) is 3.86. The van der Waals surface area contributed by atoms with Crippen LogP contribution in [0.25, 0.3) is 0 Å². The first-order valence-electron chi connectivity index (χ1n) is 9.56. The largest absolute Gasteiger partial charge is 0.462 e. The van der Waals surface area contributed by atoms with E-state index in [-0.39, 0.29) is 37.6 Å². The fraction of sp³-hybridized carbons (Fsp3) is 0.429. The molecular formula is C21H24N2O5S. The van der Waals surface area contributed by atoms with Gasteiger partial charge in [0.1, 0.15) is 4.88 Å². The van der Waals surface area contributed by atoms with E-state index in [2.05, 4.69) is 4.98 Å². The fourth-order valence-electron chi connectivity index (χ4n) is 2.88. The van der Waals surface area contributed by atoms with Gasteiger partial charge in [0.25, 0.3) is 5.91 Å². The van der Waals surface area contributed by atoms with Crippen LogP contribution in [-0.2, 0) is 25.6 Å². The molecule has 1 amide bonds. The van der Waals surface area contributed by atoms with E-state index in [4.69, 9.17) is 9.47 Å². The number of hydrogen-bond acceptors (Lipinski definition) is 7. The maximum absolute atomic E-state index is 12.9. The van der Waals surface area contributed by atoms with Crippen LogP contribution in [-0.4, -0.2) is 36.0 Å². The number of anilines is 1. The number of aryl methyl sites for hydroxylation is 1. The van der Waals surface area contributed by atoms with Gasteiger partial charge in [-0.2, -0.15) is 0 Å². The molecule has 0 radical (unpaired) electrons. The number of carbonyl (C=O) groups is 3. The van der Waals surface area contributed by atoms with E-state index in [0.717, 1.165) is 23.3 Å². The van der Waals surface area contributed by atoms with E-state index in [0.29, 0.717) is 21.6 Å². The summed E-state index contributed by atoms with van der Waals surface area (Å²) >= 11 is 1.10. The van der Waals surface area contributed by atoms with Crippen LogP contribution in [0.2, 0.25) is 0 Å². The van der Waals surface area contributed by atoms with E-state index < -0.39 is 5.97 Å². The lowest BCUT2D eigenvalue weighted by Gasteiger charge is -2.20. The molecular weight excluding hydrogens is 392 g/mol. The van der Waals surface area contributed by atoms with Crippen molar-refractivity contribution in [3.63, 3.8) is 0 Å². The summed E-state index contributed by atoms with van der Waals surface area (Å²) in [6, 6.07) is 9.43. The first kappa shape index (κ1) is 21.0. The van der Waals surface area contributed by atoms with Gasteiger partial charge in [0.2, 0.25) is 0 Å². The SMILES string of the molecule is CCOC(=O)c1sc(N(Cc2ccccc2)C(=O)COC(=O)[C@@H]2C[C@H]2C)nc1C. The number of nitrogens with zero attached hydrogens (tertiary/aromatic N) is 2. The van der Waals surface area contributed by atoms with Crippen LogP contribution in [0.3, 0.4) is 0 Å². The molecule has 3 rings (SSSR count). The van der Waals surface area contributed by atoms with Crippen molar-refractivity contribution in [3.8, 4) is 0 Å². The Morgan fingerprint density at radius 2 is 1.90 bits per heavy atom. The summed E-state index contributed by atoms with van der Waals surface area (Å²) in [4.78, 5) is 43.2. The molecule has 0 bridgehead atoms. The van der Waals surface area contributed by atoms with Crippen molar-refractivity contribution in [2.24, 2.45) is 11.8 Å². The van der Waals surface area contributed by atoms with Crippen molar-refractivity contribution in [3.05, 3.63) is 46.5 Å². The van der Waals surface area contributed by atoms with Crippen LogP contribution in [0.4, 0.5) is 5.13 Å². The lowest BCUT2D eigenvalue weighted by Crippen LogP contribution is -2.34. The van der Waals surface area contributed by atoms with Crippen molar-refractivity contribution < 1.29 is 23.9 Å². The number of esters is 2. The van der Waals surface area contributed by atoms with E-state index >= 15 is 0 Å². The van der Waals surface area contributed by atoms with Gasteiger partial charge >= 0.3 is 11.9 Å². The number of amides is 1. The van der Waals surface area contributed by atoms with Crippen molar-refractivity contribution >= 4 is 34.3 Å². The maximum atomic E-state index is 12.9. The highest BCUT2D eigenvalue weighted by molar-refractivity contribution is 7.17. The molecule has 1 aromatic carbocycles. The van der Waals surface area contributed by atoms with Crippen LogP contribution in [0, 0.1) is 18.8 Å². The van der Waals surface area contributed by atoms with Crippen molar-refractivity contribution in [2.75, 3.05) is 18.1 Å². The topological polar surface area (TPSA) is 85.8 Å². The lowest BCUT2D eigenvalue weighted by atomic mass is 10.2. The predicted octanol–water partition coefficient (Wildman–Crippen LogP) is 3.36. The van der Waals surface area contributed by atoms with Crippen molar-refractivity contribution in [2.45, 2.75) is 33.7 Å². The van der Waals surface area contributed by atoms with Crippen LogP contribution >= 0.6 is 11.3 Å². The van der Waals surface area contributed by atoms with E-state index in [1.165, 1.54) is 4.90 Å². The molecule has 1 aliphatic rings. The Kier molecular flexibility index (Phi) is 6.64. The number of rotatable bonds is 8. The minimum atomic E-state index is -0.463. The predicted molar refractivity (Wildman–Crippen MR) is 109 cm³/mol. The summed E-state index contributed by atoms with van der Waals surface area (Å²) in [6.45, 7) is 5.56. The number of aromatic nitrogens is 1. The van der Waals surface area contributed by atoms with Gasteiger partial charge in [-0.3, -0.25) is 14.5 Å². The maximum Gasteiger partial charge on any atom is 0.350 e. The van der Waals surface area contributed by atoms with E-state index in [1.807, 2.05) is 37.3 Å². The molecule has 0 aliphatic heterocycles. The minimum Gasteiger partial charge on any atom is -0.462 e. The zero-order valence-electron chi connectivity index (χ0n) is 16.7. The Balaban J connectivity index is 1.79. The Morgan fingerprint density at radius 1 is 1.21 bits per heavy atom. The second-order valence-electron chi connectivity index (χ2n) is 7.02. The third-order valence-electron chi connectivity index (χ3n) is 4.71. The van der Waals surface area contributed by atoms with Crippen LogP contribution in [0.1, 0.15) is 41.2 Å². The highest BCUT2D eigenvalue weighted by Gasteiger charge is 2.41. The van der Waals surface area contributed by atoms with E-state index in [1.54, 1.807) is 13.8 Å². The van der Waals surface area contributed by atoms with Crippen LogP contribution in [0.5, 0.6) is 0 Å². The molecule has 29 heavy (non-hydrogen) atoms. The zero-order chi connectivity index (χ0) is 21.0. The Morgan fingerprint density at radius 3 is 2.52 bits per heavy atom. The molecule has 7 nitrogen and oxygen atoms in total. The highest BCUT2D eigenvalue weighted by Crippen LogP contribution is 2.38. The smallest absolute Gasteiger partial charge is 0.350 e. The zero-order valence-corrected chi connectivity index (χ0v) is 17.5. The molecule has 2 aromatic rings. The normalized spacial score (nSPS) is 17.5. The Hall–Kier alpha value is -2.74. The molecule has 0 unspecified atom stereocenters. The van der Waals surface area contributed by atoms with Gasteiger partial charge in [-0.15, -0.1) is 0 Å². The van der Waals surface area contributed by atoms with Gasteiger partial charge in [0, 0.05) is 0 Å². The number of thiazole rings is 1. The molecule has 1 fully saturated rings. The highest BCUT2D eigenvalue weighted by atomic mass is 32.1. The summed E-state index contributed by atoms with van der Waals surface area (Å²) < 4.78 is 10.3. The van der Waals surface area contributed by atoms with Gasteiger partial charge in [-0.1, -0.05) is 48.6 Å². The number of hydrogen-bond donors (Lipinski definition) is 0. The molecule has 1 aliphatic carbocycles. The number of carbonyl (C=O) groups excluding carboxylic acids is 3. The van der Waals surface area contributed by atoms with Gasteiger partial charge < -0.3 is 9.47 Å². The summed E-state index contributed by atoms with van der Waals surface area (Å²) in [7, 11) is 0. The first-order valence-corrected chi connectivity index (χ1v) is 10.4. The number of benzene rings is 1. The summed E-state index contributed by atoms with van der Waals surface area (Å²) in [5.74, 6) is -0.989.